The molecule has 2 aromatic rings. The molecule has 0 saturated heterocycles. The highest BCUT2D eigenvalue weighted by molar-refractivity contribution is 6.34. The smallest absolute Gasteiger partial charge is 0.157 e. The third kappa shape index (κ3) is 1.22. The maximum atomic E-state index is 8.70. The number of halogens is 2. The monoisotopic (exact) mass is 212 g/mol. The van der Waals surface area contributed by atoms with Gasteiger partial charge in [-0.2, -0.15) is 10.4 Å². The number of aromatic nitrogens is 3. The van der Waals surface area contributed by atoms with E-state index < -0.39 is 0 Å². The quantitative estimate of drug-likeness (QED) is 0.671. The first-order chi connectivity index (χ1) is 6.22. The lowest BCUT2D eigenvalue weighted by atomic mass is 10.3. The molecule has 0 atom stereocenters. The molecule has 2 aromatic heterocycles. The van der Waals surface area contributed by atoms with Gasteiger partial charge in [-0.25, -0.2) is 9.50 Å². The van der Waals surface area contributed by atoms with Gasteiger partial charge in [0.25, 0.3) is 0 Å². The lowest BCUT2D eigenvalue weighted by Gasteiger charge is -1.96. The van der Waals surface area contributed by atoms with Gasteiger partial charge in [0.05, 0.1) is 12.4 Å². The summed E-state index contributed by atoms with van der Waals surface area (Å²) in [6.45, 7) is 0. The number of fused-ring (bicyclic) bond motifs is 1. The number of hydrogen-bond donors (Lipinski definition) is 0. The van der Waals surface area contributed by atoms with Gasteiger partial charge in [-0.15, -0.1) is 0 Å². The van der Waals surface area contributed by atoms with E-state index in [4.69, 9.17) is 28.5 Å². The summed E-state index contributed by atoms with van der Waals surface area (Å²) in [5.41, 5.74) is 0.864. The van der Waals surface area contributed by atoms with Gasteiger partial charge in [0.2, 0.25) is 0 Å². The van der Waals surface area contributed by atoms with Crippen molar-refractivity contribution in [2.45, 2.75) is 0 Å². The summed E-state index contributed by atoms with van der Waals surface area (Å²) in [6, 6.07) is 1.96. The molecule has 0 amide bonds. The van der Waals surface area contributed by atoms with Crippen LogP contribution in [0, 0.1) is 11.3 Å². The van der Waals surface area contributed by atoms with Crippen LogP contribution in [0.5, 0.6) is 0 Å². The van der Waals surface area contributed by atoms with Crippen LogP contribution >= 0.6 is 23.2 Å². The minimum Gasteiger partial charge on any atom is -0.233 e. The highest BCUT2D eigenvalue weighted by Crippen LogP contribution is 2.20. The van der Waals surface area contributed by atoms with Crippen LogP contribution in [0.4, 0.5) is 0 Å². The maximum absolute atomic E-state index is 8.70. The van der Waals surface area contributed by atoms with Crippen LogP contribution in [0.2, 0.25) is 10.3 Å². The standard InChI is InChI=1S/C7H2Cl2N4/c8-5-3-13-6(7(9)12-5)4(1-10)2-11-13/h2-3H. The van der Waals surface area contributed by atoms with E-state index in [9.17, 15) is 0 Å². The molecule has 0 aromatic carbocycles. The maximum Gasteiger partial charge on any atom is 0.157 e. The van der Waals surface area contributed by atoms with Gasteiger partial charge in [0.1, 0.15) is 22.3 Å². The second-order valence-electron chi connectivity index (χ2n) is 2.32. The second kappa shape index (κ2) is 2.87. The first kappa shape index (κ1) is 8.30. The topological polar surface area (TPSA) is 54.0 Å². The van der Waals surface area contributed by atoms with Crippen molar-refractivity contribution >= 4 is 28.7 Å². The molecule has 0 spiro atoms. The average Bonchev–Trinajstić information content (AvgIpc) is 2.47. The molecule has 4 nitrogen and oxygen atoms in total. The van der Waals surface area contributed by atoms with E-state index in [0.29, 0.717) is 11.1 Å². The fourth-order valence-electron chi connectivity index (χ4n) is 1.02. The zero-order valence-corrected chi connectivity index (χ0v) is 7.71. The summed E-state index contributed by atoms with van der Waals surface area (Å²) >= 11 is 11.4. The summed E-state index contributed by atoms with van der Waals surface area (Å²) in [6.07, 6.45) is 2.91. The predicted octanol–water partition coefficient (Wildman–Crippen LogP) is 1.91. The van der Waals surface area contributed by atoms with Gasteiger partial charge in [0, 0.05) is 0 Å². The molecule has 0 unspecified atom stereocenters. The van der Waals surface area contributed by atoms with E-state index in [-0.39, 0.29) is 10.3 Å². The van der Waals surface area contributed by atoms with Crippen molar-refractivity contribution in [1.29, 1.82) is 5.26 Å². The SMILES string of the molecule is N#Cc1cnn2cc(Cl)nc(Cl)c12. The van der Waals surface area contributed by atoms with E-state index in [2.05, 4.69) is 10.1 Å². The van der Waals surface area contributed by atoms with Gasteiger partial charge < -0.3 is 0 Å². The van der Waals surface area contributed by atoms with E-state index in [1.165, 1.54) is 16.9 Å². The molecule has 0 aliphatic rings. The Balaban J connectivity index is 2.92. The largest absolute Gasteiger partial charge is 0.233 e. The molecule has 0 aliphatic carbocycles. The van der Waals surface area contributed by atoms with Crippen LogP contribution in [0.1, 0.15) is 5.56 Å². The number of rotatable bonds is 0. The summed E-state index contributed by atoms with van der Waals surface area (Å²) in [5, 5.41) is 13.0. The van der Waals surface area contributed by atoms with Gasteiger partial charge in [-0.05, 0) is 0 Å². The molecule has 0 bridgehead atoms. The van der Waals surface area contributed by atoms with Crippen LogP contribution in [-0.4, -0.2) is 14.6 Å². The van der Waals surface area contributed by atoms with Gasteiger partial charge in [-0.1, -0.05) is 23.2 Å². The van der Waals surface area contributed by atoms with Crippen molar-refractivity contribution in [3.05, 3.63) is 28.3 Å². The Morgan fingerprint density at radius 3 is 2.92 bits per heavy atom. The number of nitriles is 1. The van der Waals surface area contributed by atoms with Crippen molar-refractivity contribution in [3.8, 4) is 6.07 Å². The van der Waals surface area contributed by atoms with Crippen LogP contribution in [0.25, 0.3) is 5.52 Å². The molecule has 2 rings (SSSR count). The number of hydrogen-bond acceptors (Lipinski definition) is 3. The highest BCUT2D eigenvalue weighted by atomic mass is 35.5. The van der Waals surface area contributed by atoms with Gasteiger partial charge in [-0.3, -0.25) is 0 Å². The predicted molar refractivity (Wildman–Crippen MR) is 47.7 cm³/mol. The van der Waals surface area contributed by atoms with Crippen LogP contribution in [0.15, 0.2) is 12.4 Å². The van der Waals surface area contributed by atoms with Crippen molar-refractivity contribution in [2.75, 3.05) is 0 Å². The fraction of sp³-hybridized carbons (Fsp3) is 0. The van der Waals surface area contributed by atoms with Crippen LogP contribution in [-0.2, 0) is 0 Å². The van der Waals surface area contributed by atoms with E-state index in [1.807, 2.05) is 6.07 Å². The zero-order valence-electron chi connectivity index (χ0n) is 6.20. The Hall–Kier alpha value is -1.31. The molecule has 6 heteroatoms. The molecule has 0 N–H and O–H groups in total. The van der Waals surface area contributed by atoms with Crippen molar-refractivity contribution in [2.24, 2.45) is 0 Å². The Labute approximate surface area is 83.3 Å². The lowest BCUT2D eigenvalue weighted by molar-refractivity contribution is 0.946. The van der Waals surface area contributed by atoms with Gasteiger partial charge >= 0.3 is 0 Å². The Bertz CT molecular complexity index is 511. The van der Waals surface area contributed by atoms with Gasteiger partial charge in [0.15, 0.2) is 5.15 Å². The second-order valence-corrected chi connectivity index (χ2v) is 3.06. The summed E-state index contributed by atoms with van der Waals surface area (Å²) in [7, 11) is 0. The molecular weight excluding hydrogens is 211 g/mol. The molecule has 0 saturated carbocycles. The molecule has 64 valence electrons. The molecule has 0 fully saturated rings. The summed E-state index contributed by atoms with van der Waals surface area (Å²) in [4.78, 5) is 3.80. The summed E-state index contributed by atoms with van der Waals surface area (Å²) in [5.74, 6) is 0. The Kier molecular flexibility index (Phi) is 1.83. The zero-order chi connectivity index (χ0) is 9.42. The lowest BCUT2D eigenvalue weighted by Crippen LogP contribution is -1.90. The van der Waals surface area contributed by atoms with E-state index in [0.717, 1.165) is 0 Å². The summed E-state index contributed by atoms with van der Waals surface area (Å²) < 4.78 is 1.43. The van der Waals surface area contributed by atoms with E-state index in [1.54, 1.807) is 0 Å². The first-order valence-electron chi connectivity index (χ1n) is 3.32. The number of nitrogens with zero attached hydrogens (tertiary/aromatic N) is 4. The van der Waals surface area contributed by atoms with Crippen molar-refractivity contribution in [3.63, 3.8) is 0 Å². The molecule has 13 heavy (non-hydrogen) atoms. The van der Waals surface area contributed by atoms with Crippen molar-refractivity contribution in [1.82, 2.24) is 14.6 Å². The van der Waals surface area contributed by atoms with Crippen LogP contribution in [0.3, 0.4) is 0 Å². The molecule has 0 aliphatic heterocycles. The average molecular weight is 213 g/mol. The minimum atomic E-state index is 0.182. The fourth-order valence-corrected chi connectivity index (χ4v) is 1.52. The van der Waals surface area contributed by atoms with E-state index >= 15 is 0 Å². The molecule has 0 radical (unpaired) electrons. The molecule has 2 heterocycles. The normalized spacial score (nSPS) is 10.2. The van der Waals surface area contributed by atoms with Crippen LogP contribution < -0.4 is 0 Å². The first-order valence-corrected chi connectivity index (χ1v) is 4.07. The third-order valence-corrected chi connectivity index (χ3v) is 1.99. The molecular formula is C7H2Cl2N4. The van der Waals surface area contributed by atoms with Crippen molar-refractivity contribution < 1.29 is 0 Å². The highest BCUT2D eigenvalue weighted by Gasteiger charge is 2.09. The third-order valence-electron chi connectivity index (χ3n) is 1.55. The Morgan fingerprint density at radius 1 is 1.46 bits per heavy atom. The Morgan fingerprint density at radius 2 is 2.23 bits per heavy atom. The minimum absolute atomic E-state index is 0.182.